The molecule has 3 rings (SSSR count). The standard InChI is InChI=1S/C14H15N3O3/c18-9-10-3-2-8-16(10)13-6-5-12-11(4-1-7-15-12)14(13)17(19)20/h1,4-7,10,18H,2-3,8-9H2. The van der Waals surface area contributed by atoms with E-state index in [2.05, 4.69) is 4.98 Å². The molecule has 1 atom stereocenters. The van der Waals surface area contributed by atoms with Crippen molar-refractivity contribution < 1.29 is 10.0 Å². The molecule has 1 aliphatic rings. The van der Waals surface area contributed by atoms with Crippen LogP contribution in [0.2, 0.25) is 0 Å². The van der Waals surface area contributed by atoms with Crippen molar-refractivity contribution in [1.82, 2.24) is 4.98 Å². The highest BCUT2D eigenvalue weighted by Crippen LogP contribution is 2.38. The summed E-state index contributed by atoms with van der Waals surface area (Å²) in [5.41, 5.74) is 1.27. The molecular formula is C14H15N3O3. The molecule has 1 unspecified atom stereocenters. The monoisotopic (exact) mass is 273 g/mol. The van der Waals surface area contributed by atoms with Crippen LogP contribution < -0.4 is 4.90 Å². The molecule has 1 fully saturated rings. The van der Waals surface area contributed by atoms with Crippen LogP contribution in [-0.2, 0) is 0 Å². The number of rotatable bonds is 3. The highest BCUT2D eigenvalue weighted by atomic mass is 16.6. The van der Waals surface area contributed by atoms with E-state index in [0.717, 1.165) is 19.4 Å². The van der Waals surface area contributed by atoms with Crippen LogP contribution in [0.25, 0.3) is 10.9 Å². The summed E-state index contributed by atoms with van der Waals surface area (Å²) in [6, 6.07) is 6.91. The minimum Gasteiger partial charge on any atom is -0.394 e. The van der Waals surface area contributed by atoms with Crippen molar-refractivity contribution in [3.8, 4) is 0 Å². The van der Waals surface area contributed by atoms with Crippen LogP contribution in [-0.4, -0.2) is 34.2 Å². The number of hydrogen-bond acceptors (Lipinski definition) is 5. The first-order valence-electron chi connectivity index (χ1n) is 6.62. The highest BCUT2D eigenvalue weighted by Gasteiger charge is 2.30. The lowest BCUT2D eigenvalue weighted by Gasteiger charge is -2.25. The number of nitro groups is 1. The third kappa shape index (κ3) is 1.98. The molecule has 2 heterocycles. The molecular weight excluding hydrogens is 258 g/mol. The van der Waals surface area contributed by atoms with Gasteiger partial charge < -0.3 is 10.0 Å². The van der Waals surface area contributed by atoms with Gasteiger partial charge in [-0.25, -0.2) is 0 Å². The van der Waals surface area contributed by atoms with Crippen molar-refractivity contribution in [2.45, 2.75) is 18.9 Å². The number of aromatic nitrogens is 1. The normalized spacial score (nSPS) is 18.6. The van der Waals surface area contributed by atoms with Crippen LogP contribution in [0.3, 0.4) is 0 Å². The number of benzene rings is 1. The Labute approximate surface area is 115 Å². The molecule has 1 aromatic carbocycles. The van der Waals surface area contributed by atoms with Gasteiger partial charge in [-0.15, -0.1) is 0 Å². The van der Waals surface area contributed by atoms with Gasteiger partial charge >= 0.3 is 5.69 Å². The van der Waals surface area contributed by atoms with E-state index in [0.29, 0.717) is 16.6 Å². The first-order valence-corrected chi connectivity index (χ1v) is 6.62. The highest BCUT2D eigenvalue weighted by molar-refractivity contribution is 5.94. The van der Waals surface area contributed by atoms with E-state index in [1.54, 1.807) is 30.5 Å². The lowest BCUT2D eigenvalue weighted by Crippen LogP contribution is -2.32. The third-order valence-electron chi connectivity index (χ3n) is 3.82. The second kappa shape index (κ2) is 5.05. The fraction of sp³-hybridized carbons (Fsp3) is 0.357. The molecule has 1 saturated heterocycles. The molecule has 2 aromatic rings. The van der Waals surface area contributed by atoms with Gasteiger partial charge in [-0.3, -0.25) is 15.1 Å². The van der Waals surface area contributed by atoms with Crippen LogP contribution in [0.1, 0.15) is 12.8 Å². The van der Waals surface area contributed by atoms with Gasteiger partial charge in [-0.2, -0.15) is 0 Å². The fourth-order valence-electron chi connectivity index (χ4n) is 2.89. The van der Waals surface area contributed by atoms with E-state index in [1.807, 2.05) is 4.90 Å². The van der Waals surface area contributed by atoms with Crippen molar-refractivity contribution in [2.75, 3.05) is 18.1 Å². The Balaban J connectivity index is 2.20. The maximum absolute atomic E-state index is 11.5. The summed E-state index contributed by atoms with van der Waals surface area (Å²) < 4.78 is 0. The molecule has 104 valence electrons. The molecule has 0 amide bonds. The van der Waals surface area contributed by atoms with Crippen LogP contribution in [0.15, 0.2) is 30.5 Å². The lowest BCUT2D eigenvalue weighted by atomic mass is 10.1. The van der Waals surface area contributed by atoms with Crippen molar-refractivity contribution in [3.05, 3.63) is 40.6 Å². The van der Waals surface area contributed by atoms with E-state index < -0.39 is 0 Å². The van der Waals surface area contributed by atoms with Crippen LogP contribution >= 0.6 is 0 Å². The summed E-state index contributed by atoms with van der Waals surface area (Å²) >= 11 is 0. The number of aliphatic hydroxyl groups is 1. The summed E-state index contributed by atoms with van der Waals surface area (Å²) in [6.07, 6.45) is 3.42. The summed E-state index contributed by atoms with van der Waals surface area (Å²) in [7, 11) is 0. The van der Waals surface area contributed by atoms with Gasteiger partial charge in [0, 0.05) is 12.7 Å². The topological polar surface area (TPSA) is 79.5 Å². The van der Waals surface area contributed by atoms with E-state index in [4.69, 9.17) is 0 Å². The first-order chi connectivity index (χ1) is 9.72. The number of hydrogen-bond donors (Lipinski definition) is 1. The summed E-state index contributed by atoms with van der Waals surface area (Å²) in [6.45, 7) is 0.750. The minimum absolute atomic E-state index is 0.0161. The Bertz CT molecular complexity index is 659. The van der Waals surface area contributed by atoms with Crippen LogP contribution in [0.4, 0.5) is 11.4 Å². The van der Waals surface area contributed by atoms with E-state index >= 15 is 0 Å². The lowest BCUT2D eigenvalue weighted by molar-refractivity contribution is -0.382. The average Bonchev–Trinajstić information content (AvgIpc) is 2.94. The van der Waals surface area contributed by atoms with E-state index in [-0.39, 0.29) is 23.3 Å². The second-order valence-electron chi connectivity index (χ2n) is 4.93. The Morgan fingerprint density at radius 2 is 2.30 bits per heavy atom. The van der Waals surface area contributed by atoms with Crippen molar-refractivity contribution in [1.29, 1.82) is 0 Å². The van der Waals surface area contributed by atoms with Gasteiger partial charge in [0.05, 0.1) is 28.5 Å². The molecule has 0 aliphatic carbocycles. The fourth-order valence-corrected chi connectivity index (χ4v) is 2.89. The number of pyridine rings is 1. The predicted molar refractivity (Wildman–Crippen MR) is 75.9 cm³/mol. The Hall–Kier alpha value is -2.21. The third-order valence-corrected chi connectivity index (χ3v) is 3.82. The van der Waals surface area contributed by atoms with Gasteiger partial charge in [-0.1, -0.05) is 0 Å². The molecule has 1 aromatic heterocycles. The second-order valence-corrected chi connectivity index (χ2v) is 4.93. The number of fused-ring (bicyclic) bond motifs is 1. The minimum atomic E-state index is -0.355. The molecule has 0 spiro atoms. The van der Waals surface area contributed by atoms with Gasteiger partial charge in [0.25, 0.3) is 0 Å². The van der Waals surface area contributed by atoms with E-state index in [9.17, 15) is 15.2 Å². The zero-order valence-electron chi connectivity index (χ0n) is 10.9. The largest absolute Gasteiger partial charge is 0.394 e. The maximum atomic E-state index is 11.5. The number of anilines is 1. The molecule has 1 aliphatic heterocycles. The zero-order chi connectivity index (χ0) is 14.1. The summed E-state index contributed by atoms with van der Waals surface area (Å²) in [5, 5.41) is 21.4. The Morgan fingerprint density at radius 1 is 1.45 bits per heavy atom. The van der Waals surface area contributed by atoms with Gasteiger partial charge in [0.2, 0.25) is 0 Å². The molecule has 0 radical (unpaired) electrons. The van der Waals surface area contributed by atoms with Crippen molar-refractivity contribution in [2.24, 2.45) is 0 Å². The molecule has 1 N–H and O–H groups in total. The van der Waals surface area contributed by atoms with Crippen molar-refractivity contribution >= 4 is 22.3 Å². The predicted octanol–water partition coefficient (Wildman–Crippen LogP) is 2.10. The SMILES string of the molecule is O=[N+]([O-])c1c(N2CCCC2CO)ccc2ncccc12. The Morgan fingerprint density at radius 3 is 3.05 bits per heavy atom. The van der Waals surface area contributed by atoms with Gasteiger partial charge in [0.15, 0.2) is 0 Å². The average molecular weight is 273 g/mol. The van der Waals surface area contributed by atoms with Crippen LogP contribution in [0.5, 0.6) is 0 Å². The Kier molecular flexibility index (Phi) is 3.23. The quantitative estimate of drug-likeness (QED) is 0.684. The number of nitrogens with zero attached hydrogens (tertiary/aromatic N) is 3. The van der Waals surface area contributed by atoms with Gasteiger partial charge in [-0.05, 0) is 37.1 Å². The van der Waals surface area contributed by atoms with Crippen molar-refractivity contribution in [3.63, 3.8) is 0 Å². The first kappa shape index (κ1) is 12.8. The molecule has 20 heavy (non-hydrogen) atoms. The number of aliphatic hydroxyl groups excluding tert-OH is 1. The molecule has 6 heteroatoms. The number of nitro benzene ring substituents is 1. The van der Waals surface area contributed by atoms with E-state index in [1.165, 1.54) is 0 Å². The molecule has 0 bridgehead atoms. The van der Waals surface area contributed by atoms with Crippen LogP contribution in [0, 0.1) is 10.1 Å². The summed E-state index contributed by atoms with van der Waals surface area (Å²) in [5.74, 6) is 0. The zero-order valence-corrected chi connectivity index (χ0v) is 10.9. The summed E-state index contributed by atoms with van der Waals surface area (Å²) in [4.78, 5) is 17.2. The maximum Gasteiger partial charge on any atom is 0.301 e. The molecule has 0 saturated carbocycles. The smallest absolute Gasteiger partial charge is 0.301 e. The van der Waals surface area contributed by atoms with Gasteiger partial charge in [0.1, 0.15) is 5.69 Å². The molecule has 6 nitrogen and oxygen atoms in total.